The number of hydrogen-bond donors (Lipinski definition) is 2. The minimum Gasteiger partial charge on any atom is -0.397 e. The predicted octanol–water partition coefficient (Wildman–Crippen LogP) is 0.671. The molecule has 0 atom stereocenters. The average molecular weight is 278 g/mol. The van der Waals surface area contributed by atoms with Gasteiger partial charge in [0.1, 0.15) is 0 Å². The Morgan fingerprint density at radius 1 is 1.25 bits per heavy atom. The summed E-state index contributed by atoms with van der Waals surface area (Å²) >= 11 is 0. The lowest BCUT2D eigenvalue weighted by atomic mass is 10.1. The molecular weight excluding hydrogens is 256 g/mol. The third-order valence-corrected chi connectivity index (χ3v) is 2.94. The number of carbonyl (C=O) groups is 2. The van der Waals surface area contributed by atoms with Crippen LogP contribution in [0, 0.1) is 0 Å². The number of nitrogens with zero attached hydrogens (tertiary/aromatic N) is 2. The molecule has 0 aromatic heterocycles. The van der Waals surface area contributed by atoms with E-state index in [1.165, 1.54) is 4.90 Å². The lowest BCUT2D eigenvalue weighted by molar-refractivity contribution is -0.116. The van der Waals surface area contributed by atoms with Gasteiger partial charge in [-0.2, -0.15) is 0 Å². The fraction of sp³-hybridized carbons (Fsp3) is 0.429. The molecule has 110 valence electrons. The first-order chi connectivity index (χ1) is 9.23. The molecule has 0 aliphatic rings. The maximum absolute atomic E-state index is 11.9. The van der Waals surface area contributed by atoms with E-state index in [0.717, 1.165) is 0 Å². The SMILES string of the molecule is CC(C)N(CC(N)=O)c1ccc(C(=O)N(C)C)cc1N. The summed E-state index contributed by atoms with van der Waals surface area (Å²) in [5, 5.41) is 0. The summed E-state index contributed by atoms with van der Waals surface area (Å²) in [7, 11) is 3.36. The van der Waals surface area contributed by atoms with Gasteiger partial charge in [0, 0.05) is 25.7 Å². The number of hydrogen-bond acceptors (Lipinski definition) is 4. The molecule has 2 amide bonds. The van der Waals surface area contributed by atoms with Gasteiger partial charge < -0.3 is 21.3 Å². The smallest absolute Gasteiger partial charge is 0.253 e. The Morgan fingerprint density at radius 3 is 2.25 bits per heavy atom. The van der Waals surface area contributed by atoms with Crippen LogP contribution in [0.3, 0.4) is 0 Å². The van der Waals surface area contributed by atoms with E-state index in [4.69, 9.17) is 11.5 Å². The number of carbonyl (C=O) groups excluding carboxylic acids is 2. The van der Waals surface area contributed by atoms with Crippen molar-refractivity contribution in [3.63, 3.8) is 0 Å². The molecule has 4 N–H and O–H groups in total. The van der Waals surface area contributed by atoms with Gasteiger partial charge >= 0.3 is 0 Å². The Bertz CT molecular complexity index is 512. The molecule has 6 nitrogen and oxygen atoms in total. The first-order valence-corrected chi connectivity index (χ1v) is 6.40. The Hall–Kier alpha value is -2.24. The second-order valence-corrected chi connectivity index (χ2v) is 5.16. The van der Waals surface area contributed by atoms with Crippen molar-refractivity contribution in [2.45, 2.75) is 19.9 Å². The molecule has 20 heavy (non-hydrogen) atoms. The molecule has 0 unspecified atom stereocenters. The van der Waals surface area contributed by atoms with Crippen LogP contribution in [0.25, 0.3) is 0 Å². The molecule has 0 bridgehead atoms. The van der Waals surface area contributed by atoms with E-state index in [-0.39, 0.29) is 18.5 Å². The zero-order valence-electron chi connectivity index (χ0n) is 12.4. The van der Waals surface area contributed by atoms with Gasteiger partial charge in [-0.25, -0.2) is 0 Å². The summed E-state index contributed by atoms with van der Waals surface area (Å²) in [5.41, 5.74) is 12.9. The number of nitrogen functional groups attached to an aromatic ring is 1. The van der Waals surface area contributed by atoms with Gasteiger partial charge in [-0.3, -0.25) is 9.59 Å². The van der Waals surface area contributed by atoms with Crippen molar-refractivity contribution in [2.24, 2.45) is 5.73 Å². The third kappa shape index (κ3) is 3.63. The summed E-state index contributed by atoms with van der Waals surface area (Å²) in [6.45, 7) is 3.98. The van der Waals surface area contributed by atoms with Crippen LogP contribution >= 0.6 is 0 Å². The molecule has 0 aliphatic carbocycles. The molecule has 1 aromatic carbocycles. The molecule has 0 aliphatic heterocycles. The van der Waals surface area contributed by atoms with Crippen LogP contribution in [0.1, 0.15) is 24.2 Å². The summed E-state index contributed by atoms with van der Waals surface area (Å²) in [6, 6.07) is 5.13. The van der Waals surface area contributed by atoms with Gasteiger partial charge in [-0.05, 0) is 32.0 Å². The van der Waals surface area contributed by atoms with Gasteiger partial charge in [0.05, 0.1) is 17.9 Å². The lowest BCUT2D eigenvalue weighted by Gasteiger charge is -2.29. The highest BCUT2D eigenvalue weighted by molar-refractivity contribution is 5.96. The number of amides is 2. The highest BCUT2D eigenvalue weighted by atomic mass is 16.2. The Morgan fingerprint density at radius 2 is 1.85 bits per heavy atom. The number of anilines is 2. The van der Waals surface area contributed by atoms with Crippen molar-refractivity contribution < 1.29 is 9.59 Å². The van der Waals surface area contributed by atoms with E-state index in [9.17, 15) is 9.59 Å². The van der Waals surface area contributed by atoms with Gasteiger partial charge in [0.2, 0.25) is 5.91 Å². The zero-order valence-corrected chi connectivity index (χ0v) is 12.4. The fourth-order valence-electron chi connectivity index (χ4n) is 1.92. The third-order valence-electron chi connectivity index (χ3n) is 2.94. The van der Waals surface area contributed by atoms with Crippen LogP contribution in [0.4, 0.5) is 11.4 Å². The quantitative estimate of drug-likeness (QED) is 0.774. The van der Waals surface area contributed by atoms with Crippen molar-refractivity contribution in [3.8, 4) is 0 Å². The van der Waals surface area contributed by atoms with E-state index in [2.05, 4.69) is 0 Å². The highest BCUT2D eigenvalue weighted by Gasteiger charge is 2.17. The molecule has 0 saturated carbocycles. The van der Waals surface area contributed by atoms with Crippen molar-refractivity contribution >= 4 is 23.2 Å². The summed E-state index contributed by atoms with van der Waals surface area (Å²) in [4.78, 5) is 26.3. The number of nitrogens with two attached hydrogens (primary N) is 2. The summed E-state index contributed by atoms with van der Waals surface area (Å²) < 4.78 is 0. The predicted molar refractivity (Wildman–Crippen MR) is 80.5 cm³/mol. The number of benzene rings is 1. The molecular formula is C14H22N4O2. The Balaban J connectivity index is 3.13. The minimum atomic E-state index is -0.424. The first kappa shape index (κ1) is 15.8. The molecule has 0 saturated heterocycles. The van der Waals surface area contributed by atoms with Crippen LogP contribution in [-0.4, -0.2) is 43.4 Å². The number of primary amides is 1. The summed E-state index contributed by atoms with van der Waals surface area (Å²) in [5.74, 6) is -0.541. The fourth-order valence-corrected chi connectivity index (χ4v) is 1.92. The van der Waals surface area contributed by atoms with Crippen LogP contribution in [-0.2, 0) is 4.79 Å². The Kier molecular flexibility index (Phi) is 4.96. The van der Waals surface area contributed by atoms with Crippen molar-refractivity contribution in [1.29, 1.82) is 0 Å². The van der Waals surface area contributed by atoms with Gasteiger partial charge in [-0.15, -0.1) is 0 Å². The van der Waals surface area contributed by atoms with E-state index >= 15 is 0 Å². The standard InChI is InChI=1S/C14H22N4O2/c1-9(2)18(8-13(16)19)12-6-5-10(7-11(12)15)14(20)17(3)4/h5-7,9H,8,15H2,1-4H3,(H2,16,19). The molecule has 6 heteroatoms. The first-order valence-electron chi connectivity index (χ1n) is 6.40. The highest BCUT2D eigenvalue weighted by Crippen LogP contribution is 2.26. The Labute approximate surface area is 119 Å². The number of rotatable bonds is 5. The molecule has 0 spiro atoms. The maximum atomic E-state index is 11.9. The second kappa shape index (κ2) is 6.27. The van der Waals surface area contributed by atoms with Crippen LogP contribution in [0.2, 0.25) is 0 Å². The van der Waals surface area contributed by atoms with E-state index in [1.54, 1.807) is 32.3 Å². The van der Waals surface area contributed by atoms with Gasteiger partial charge in [0.25, 0.3) is 5.91 Å². The monoisotopic (exact) mass is 278 g/mol. The van der Waals surface area contributed by atoms with Crippen molar-refractivity contribution in [1.82, 2.24) is 4.90 Å². The van der Waals surface area contributed by atoms with Crippen LogP contribution in [0.5, 0.6) is 0 Å². The van der Waals surface area contributed by atoms with E-state index < -0.39 is 5.91 Å². The average Bonchev–Trinajstić information content (AvgIpc) is 2.34. The van der Waals surface area contributed by atoms with E-state index in [0.29, 0.717) is 16.9 Å². The maximum Gasteiger partial charge on any atom is 0.253 e. The second-order valence-electron chi connectivity index (χ2n) is 5.16. The van der Waals surface area contributed by atoms with Crippen molar-refractivity contribution in [3.05, 3.63) is 23.8 Å². The minimum absolute atomic E-state index is 0.0696. The molecule has 0 heterocycles. The van der Waals surface area contributed by atoms with Gasteiger partial charge in [-0.1, -0.05) is 0 Å². The molecule has 0 fully saturated rings. The van der Waals surface area contributed by atoms with E-state index in [1.807, 2.05) is 18.7 Å². The molecule has 0 radical (unpaired) electrons. The lowest BCUT2D eigenvalue weighted by Crippen LogP contribution is -2.39. The summed E-state index contributed by atoms with van der Waals surface area (Å²) in [6.07, 6.45) is 0. The van der Waals surface area contributed by atoms with Crippen LogP contribution < -0.4 is 16.4 Å². The topological polar surface area (TPSA) is 92.7 Å². The molecule has 1 rings (SSSR count). The van der Waals surface area contributed by atoms with Crippen molar-refractivity contribution in [2.75, 3.05) is 31.3 Å². The van der Waals surface area contributed by atoms with Crippen LogP contribution in [0.15, 0.2) is 18.2 Å². The molecule has 1 aromatic rings. The largest absolute Gasteiger partial charge is 0.397 e. The normalized spacial score (nSPS) is 10.4. The van der Waals surface area contributed by atoms with Gasteiger partial charge in [0.15, 0.2) is 0 Å². The zero-order chi connectivity index (χ0) is 15.4.